The van der Waals surface area contributed by atoms with Gasteiger partial charge in [-0.1, -0.05) is 12.1 Å². The second kappa shape index (κ2) is 6.39. The van der Waals surface area contributed by atoms with Crippen molar-refractivity contribution in [2.45, 2.75) is 25.6 Å². The minimum Gasteiger partial charge on any atom is -0.365 e. The van der Waals surface area contributed by atoms with Crippen molar-refractivity contribution in [1.82, 2.24) is 15.1 Å². The number of alkyl halides is 3. The number of nitrogens with one attached hydrogen (secondary N) is 1. The Bertz CT molecular complexity index is 713. The maximum Gasteiger partial charge on any atom is 0.416 e. The van der Waals surface area contributed by atoms with Gasteiger partial charge in [-0.2, -0.15) is 13.2 Å². The summed E-state index contributed by atoms with van der Waals surface area (Å²) in [5, 5.41) is 11.7. The van der Waals surface area contributed by atoms with E-state index in [1.165, 1.54) is 12.1 Å². The molecule has 24 heavy (non-hydrogen) atoms. The third-order valence-corrected chi connectivity index (χ3v) is 4.21. The molecule has 0 aliphatic carbocycles. The maximum absolute atomic E-state index is 12.6. The Kier molecular flexibility index (Phi) is 4.45. The summed E-state index contributed by atoms with van der Waals surface area (Å²) >= 11 is 0. The van der Waals surface area contributed by atoms with Gasteiger partial charge in [0.15, 0.2) is 0 Å². The highest BCUT2D eigenvalue weighted by Gasteiger charge is 2.30. The molecule has 2 aromatic rings. The number of nitrogens with zero attached hydrogens (tertiary/aromatic N) is 3. The molecule has 1 saturated heterocycles. The van der Waals surface area contributed by atoms with E-state index in [0.29, 0.717) is 23.1 Å². The molecule has 4 nitrogen and oxygen atoms in total. The van der Waals surface area contributed by atoms with Crippen LogP contribution in [0, 0.1) is 6.92 Å². The third-order valence-electron chi connectivity index (χ3n) is 4.21. The smallest absolute Gasteiger partial charge is 0.365 e. The lowest BCUT2D eigenvalue weighted by Crippen LogP contribution is -2.24. The quantitative estimate of drug-likeness (QED) is 0.930. The molecule has 7 heteroatoms. The molecular weight excluding hydrogens is 317 g/mol. The number of benzene rings is 1. The summed E-state index contributed by atoms with van der Waals surface area (Å²) in [5.74, 6) is 0.698. The van der Waals surface area contributed by atoms with E-state index >= 15 is 0 Å². The maximum atomic E-state index is 12.6. The summed E-state index contributed by atoms with van der Waals surface area (Å²) in [6.45, 7) is 3.89. The van der Waals surface area contributed by atoms with Gasteiger partial charge in [-0.3, -0.25) is 0 Å². The van der Waals surface area contributed by atoms with Crippen molar-refractivity contribution in [1.29, 1.82) is 0 Å². The second-order valence-corrected chi connectivity index (χ2v) is 6.23. The van der Waals surface area contributed by atoms with Gasteiger partial charge >= 0.3 is 6.18 Å². The minimum absolute atomic E-state index is 0.348. The summed E-state index contributed by atoms with van der Waals surface area (Å²) in [6, 6.07) is 7.23. The molecule has 1 aromatic carbocycles. The molecule has 0 saturated carbocycles. The topological polar surface area (TPSA) is 41.0 Å². The summed E-state index contributed by atoms with van der Waals surface area (Å²) < 4.78 is 37.9. The number of hydrogen-bond donors (Lipinski definition) is 1. The molecule has 0 amide bonds. The number of halogens is 3. The van der Waals surface area contributed by atoms with E-state index in [4.69, 9.17) is 0 Å². The first-order chi connectivity index (χ1) is 11.3. The van der Waals surface area contributed by atoms with Crippen molar-refractivity contribution in [3.05, 3.63) is 41.5 Å². The standard InChI is InChI=1S/C17H19F3N4/c1-11-9-15(21-14-7-8-24(2)10-14)22-23-16(11)12-3-5-13(6-4-12)17(18,19)20/h3-6,9,14H,7-8,10H2,1-2H3,(H,21,22)/t14-/m1/s1. The van der Waals surface area contributed by atoms with Gasteiger partial charge in [0.05, 0.1) is 11.3 Å². The van der Waals surface area contributed by atoms with Crippen LogP contribution in [0.15, 0.2) is 30.3 Å². The highest BCUT2D eigenvalue weighted by atomic mass is 19.4. The first-order valence-electron chi connectivity index (χ1n) is 7.80. The molecule has 0 bridgehead atoms. The monoisotopic (exact) mass is 336 g/mol. The zero-order valence-electron chi connectivity index (χ0n) is 13.6. The Morgan fingerprint density at radius 1 is 1.17 bits per heavy atom. The lowest BCUT2D eigenvalue weighted by Gasteiger charge is -2.14. The van der Waals surface area contributed by atoms with Gasteiger partial charge in [0, 0.05) is 18.2 Å². The minimum atomic E-state index is -4.33. The lowest BCUT2D eigenvalue weighted by atomic mass is 10.1. The molecule has 1 atom stereocenters. The number of rotatable bonds is 3. The molecule has 1 aromatic heterocycles. The molecule has 128 valence electrons. The van der Waals surface area contributed by atoms with Crippen molar-refractivity contribution in [2.75, 3.05) is 25.5 Å². The summed E-state index contributed by atoms with van der Waals surface area (Å²) in [7, 11) is 2.08. The van der Waals surface area contributed by atoms with Gasteiger partial charge in [-0.15, -0.1) is 10.2 Å². The Morgan fingerprint density at radius 3 is 2.42 bits per heavy atom. The molecule has 1 N–H and O–H groups in total. The number of hydrogen-bond acceptors (Lipinski definition) is 4. The summed E-state index contributed by atoms with van der Waals surface area (Å²) in [5.41, 5.74) is 1.43. The second-order valence-electron chi connectivity index (χ2n) is 6.23. The predicted octanol–water partition coefficient (Wildman–Crippen LogP) is 3.59. The molecular formula is C17H19F3N4. The van der Waals surface area contributed by atoms with Gasteiger partial charge in [0.25, 0.3) is 0 Å². The van der Waals surface area contributed by atoms with Crippen molar-refractivity contribution >= 4 is 5.82 Å². The number of anilines is 1. The van der Waals surface area contributed by atoms with Crippen LogP contribution in [0.5, 0.6) is 0 Å². The predicted molar refractivity (Wildman–Crippen MR) is 86.7 cm³/mol. The number of likely N-dealkylation sites (tertiary alicyclic amines) is 1. The Labute approximate surface area is 138 Å². The highest BCUT2D eigenvalue weighted by Crippen LogP contribution is 2.31. The van der Waals surface area contributed by atoms with E-state index in [0.717, 1.165) is 37.2 Å². The number of likely N-dealkylation sites (N-methyl/N-ethyl adjacent to an activating group) is 1. The zero-order valence-corrected chi connectivity index (χ0v) is 13.6. The van der Waals surface area contributed by atoms with Crippen LogP contribution in [-0.4, -0.2) is 41.3 Å². The van der Waals surface area contributed by atoms with Gasteiger partial charge in [-0.25, -0.2) is 0 Å². The average Bonchev–Trinajstić information content (AvgIpc) is 2.92. The van der Waals surface area contributed by atoms with Gasteiger partial charge in [0.1, 0.15) is 5.82 Å². The fourth-order valence-corrected chi connectivity index (χ4v) is 2.92. The third kappa shape index (κ3) is 3.67. The molecule has 1 aliphatic heterocycles. The molecule has 3 rings (SSSR count). The molecule has 1 aliphatic rings. The van der Waals surface area contributed by atoms with Crippen LogP contribution in [0.3, 0.4) is 0 Å². The Hall–Kier alpha value is -2.15. The van der Waals surface area contributed by atoms with Crippen LogP contribution in [0.4, 0.5) is 19.0 Å². The van der Waals surface area contributed by atoms with Crippen LogP contribution in [0.2, 0.25) is 0 Å². The first kappa shape index (κ1) is 16.7. The van der Waals surface area contributed by atoms with Gasteiger partial charge in [0.2, 0.25) is 0 Å². The van der Waals surface area contributed by atoms with Gasteiger partial charge < -0.3 is 10.2 Å². The van der Waals surface area contributed by atoms with Crippen LogP contribution >= 0.6 is 0 Å². The Balaban J connectivity index is 1.77. The van der Waals surface area contributed by atoms with E-state index in [-0.39, 0.29) is 0 Å². The van der Waals surface area contributed by atoms with Crippen LogP contribution in [0.1, 0.15) is 17.5 Å². The van der Waals surface area contributed by atoms with Crippen LogP contribution in [-0.2, 0) is 6.18 Å². The number of aromatic nitrogens is 2. The normalized spacial score (nSPS) is 18.8. The summed E-state index contributed by atoms with van der Waals surface area (Å²) in [4.78, 5) is 2.24. The lowest BCUT2D eigenvalue weighted by molar-refractivity contribution is -0.137. The molecule has 0 unspecified atom stereocenters. The number of aryl methyl sites for hydroxylation is 1. The first-order valence-corrected chi connectivity index (χ1v) is 7.80. The fraction of sp³-hybridized carbons (Fsp3) is 0.412. The molecule has 1 fully saturated rings. The molecule has 0 radical (unpaired) electrons. The SMILES string of the molecule is Cc1cc(N[C@@H]2CCN(C)C2)nnc1-c1ccc(C(F)(F)F)cc1. The van der Waals surface area contributed by atoms with Gasteiger partial charge in [-0.05, 0) is 50.7 Å². The van der Waals surface area contributed by atoms with E-state index in [2.05, 4.69) is 27.5 Å². The fourth-order valence-electron chi connectivity index (χ4n) is 2.92. The van der Waals surface area contributed by atoms with Crippen LogP contribution in [0.25, 0.3) is 11.3 Å². The summed E-state index contributed by atoms with van der Waals surface area (Å²) in [6.07, 6.45) is -3.28. The van der Waals surface area contributed by atoms with E-state index in [9.17, 15) is 13.2 Å². The van der Waals surface area contributed by atoms with Crippen molar-refractivity contribution in [3.63, 3.8) is 0 Å². The van der Waals surface area contributed by atoms with E-state index in [1.807, 2.05) is 13.0 Å². The van der Waals surface area contributed by atoms with Crippen molar-refractivity contribution < 1.29 is 13.2 Å². The highest BCUT2D eigenvalue weighted by molar-refractivity contribution is 5.64. The van der Waals surface area contributed by atoms with Crippen LogP contribution < -0.4 is 5.32 Å². The molecule has 2 heterocycles. The van der Waals surface area contributed by atoms with Crippen molar-refractivity contribution in [2.24, 2.45) is 0 Å². The largest absolute Gasteiger partial charge is 0.416 e. The zero-order chi connectivity index (χ0) is 17.3. The average molecular weight is 336 g/mol. The van der Waals surface area contributed by atoms with E-state index in [1.54, 1.807) is 0 Å². The van der Waals surface area contributed by atoms with E-state index < -0.39 is 11.7 Å². The van der Waals surface area contributed by atoms with Crippen molar-refractivity contribution in [3.8, 4) is 11.3 Å². The molecule has 0 spiro atoms. The Morgan fingerprint density at radius 2 is 1.88 bits per heavy atom.